The summed E-state index contributed by atoms with van der Waals surface area (Å²) in [6.45, 7) is 4.15. The van der Waals surface area contributed by atoms with Crippen molar-refractivity contribution in [1.29, 1.82) is 0 Å². The highest BCUT2D eigenvalue weighted by Gasteiger charge is 2.10. The number of hydrogen-bond donors (Lipinski definition) is 0. The second kappa shape index (κ2) is 3.23. The van der Waals surface area contributed by atoms with E-state index in [9.17, 15) is 0 Å². The first-order valence-corrected chi connectivity index (χ1v) is 5.34. The zero-order valence-corrected chi connectivity index (χ0v) is 9.57. The molecule has 0 N–H and O–H groups in total. The Balaban J connectivity index is 2.46. The predicted molar refractivity (Wildman–Crippen MR) is 54.8 cm³/mol. The van der Waals surface area contributed by atoms with Gasteiger partial charge in [-0.3, -0.25) is 0 Å². The van der Waals surface area contributed by atoms with E-state index in [1.54, 1.807) is 11.3 Å². The first-order chi connectivity index (χ1) is 6.16. The molecule has 3 nitrogen and oxygen atoms in total. The number of halogens is 1. The minimum absolute atomic E-state index is 0.492. The molecule has 0 aliphatic carbocycles. The second-order valence-corrected chi connectivity index (χ2v) is 4.68. The van der Waals surface area contributed by atoms with Crippen molar-refractivity contribution in [3.63, 3.8) is 0 Å². The molecule has 0 spiro atoms. The molecule has 2 heterocycles. The lowest BCUT2D eigenvalue weighted by molar-refractivity contribution is 0.427. The number of aryl methyl sites for hydroxylation is 2. The zero-order chi connectivity index (χ0) is 9.42. The Morgan fingerprint density at radius 3 is 2.69 bits per heavy atom. The standard InChI is InChI=1S/C8H7BrN2OS/c1-4-3-6(13-5(4)2)7-10-8(9)11-12-7/h3H,1-2H3. The van der Waals surface area contributed by atoms with Gasteiger partial charge in [-0.25, -0.2) is 0 Å². The molecule has 0 unspecified atom stereocenters. The molecule has 68 valence electrons. The fourth-order valence-corrected chi connectivity index (χ4v) is 2.17. The van der Waals surface area contributed by atoms with E-state index in [0.717, 1.165) is 4.88 Å². The molecule has 2 aromatic rings. The summed E-state index contributed by atoms with van der Waals surface area (Å²) in [6, 6.07) is 2.06. The molecule has 0 saturated heterocycles. The monoisotopic (exact) mass is 258 g/mol. The van der Waals surface area contributed by atoms with Crippen LogP contribution in [0.1, 0.15) is 10.4 Å². The Labute approximate surface area is 87.9 Å². The van der Waals surface area contributed by atoms with Gasteiger partial charge in [-0.1, -0.05) is 0 Å². The van der Waals surface area contributed by atoms with Crippen LogP contribution in [0.4, 0.5) is 0 Å². The van der Waals surface area contributed by atoms with Gasteiger partial charge in [0.1, 0.15) is 0 Å². The maximum atomic E-state index is 5.02. The maximum absolute atomic E-state index is 5.02. The van der Waals surface area contributed by atoms with Crippen molar-refractivity contribution in [3.8, 4) is 10.8 Å². The number of aromatic nitrogens is 2. The van der Waals surface area contributed by atoms with E-state index >= 15 is 0 Å². The van der Waals surface area contributed by atoms with Crippen molar-refractivity contribution in [1.82, 2.24) is 10.1 Å². The second-order valence-electron chi connectivity index (χ2n) is 2.72. The Morgan fingerprint density at radius 1 is 1.46 bits per heavy atom. The molecule has 5 heteroatoms. The van der Waals surface area contributed by atoms with Crippen molar-refractivity contribution in [3.05, 3.63) is 21.2 Å². The first-order valence-electron chi connectivity index (χ1n) is 3.73. The van der Waals surface area contributed by atoms with Crippen LogP contribution in [-0.4, -0.2) is 10.1 Å². The van der Waals surface area contributed by atoms with Crippen LogP contribution in [0.2, 0.25) is 0 Å². The van der Waals surface area contributed by atoms with Gasteiger partial charge in [0.2, 0.25) is 4.73 Å². The smallest absolute Gasteiger partial charge is 0.268 e. The van der Waals surface area contributed by atoms with Gasteiger partial charge < -0.3 is 4.52 Å². The molecule has 2 aromatic heterocycles. The van der Waals surface area contributed by atoms with Crippen molar-refractivity contribution < 1.29 is 4.52 Å². The molecule has 0 aliphatic rings. The van der Waals surface area contributed by atoms with Crippen LogP contribution >= 0.6 is 27.3 Å². The third kappa shape index (κ3) is 1.66. The van der Waals surface area contributed by atoms with E-state index in [4.69, 9.17) is 4.52 Å². The summed E-state index contributed by atoms with van der Waals surface area (Å²) in [4.78, 5) is 6.39. The number of nitrogens with zero attached hydrogens (tertiary/aromatic N) is 2. The highest BCUT2D eigenvalue weighted by molar-refractivity contribution is 9.10. The molecule has 0 bridgehead atoms. The highest BCUT2D eigenvalue weighted by Crippen LogP contribution is 2.29. The summed E-state index contributed by atoms with van der Waals surface area (Å²) in [5.74, 6) is 0.577. The molecule has 0 saturated carbocycles. The number of thiophene rings is 1. The normalized spacial score (nSPS) is 10.7. The van der Waals surface area contributed by atoms with Crippen LogP contribution in [0, 0.1) is 13.8 Å². The Bertz CT molecular complexity index is 416. The summed E-state index contributed by atoms with van der Waals surface area (Å²) >= 11 is 4.81. The lowest BCUT2D eigenvalue weighted by Gasteiger charge is -1.81. The average Bonchev–Trinajstić information content (AvgIpc) is 2.61. The molecule has 0 radical (unpaired) electrons. The Kier molecular flexibility index (Phi) is 2.21. The molecular formula is C8H7BrN2OS. The lowest BCUT2D eigenvalue weighted by atomic mass is 10.3. The molecule has 0 fully saturated rings. The number of hydrogen-bond acceptors (Lipinski definition) is 4. The van der Waals surface area contributed by atoms with E-state index in [1.807, 2.05) is 0 Å². The third-order valence-electron chi connectivity index (χ3n) is 1.78. The summed E-state index contributed by atoms with van der Waals surface area (Å²) in [7, 11) is 0. The molecule has 2 rings (SSSR count). The van der Waals surface area contributed by atoms with Crippen molar-refractivity contribution in [2.45, 2.75) is 13.8 Å². The molecule has 0 aliphatic heterocycles. The SMILES string of the molecule is Cc1cc(-c2nc(Br)no2)sc1C. The molecular weight excluding hydrogens is 252 g/mol. The van der Waals surface area contributed by atoms with Crippen molar-refractivity contribution in [2.24, 2.45) is 0 Å². The van der Waals surface area contributed by atoms with E-state index in [0.29, 0.717) is 10.6 Å². The first kappa shape index (κ1) is 8.90. The molecule has 13 heavy (non-hydrogen) atoms. The quantitative estimate of drug-likeness (QED) is 0.789. The van der Waals surface area contributed by atoms with Crippen LogP contribution < -0.4 is 0 Å². The maximum Gasteiger partial charge on any atom is 0.268 e. The predicted octanol–water partition coefficient (Wildman–Crippen LogP) is 3.18. The van der Waals surface area contributed by atoms with Crippen molar-refractivity contribution in [2.75, 3.05) is 0 Å². The Morgan fingerprint density at radius 2 is 2.23 bits per heavy atom. The lowest BCUT2D eigenvalue weighted by Crippen LogP contribution is -1.69. The van der Waals surface area contributed by atoms with Gasteiger partial charge in [-0.05, 0) is 46.6 Å². The summed E-state index contributed by atoms with van der Waals surface area (Å²) in [5.41, 5.74) is 1.26. The molecule has 0 amide bonds. The minimum Gasteiger partial charge on any atom is -0.332 e. The summed E-state index contributed by atoms with van der Waals surface area (Å²) in [6.07, 6.45) is 0. The summed E-state index contributed by atoms with van der Waals surface area (Å²) < 4.78 is 5.51. The van der Waals surface area contributed by atoms with Crippen LogP contribution in [-0.2, 0) is 0 Å². The van der Waals surface area contributed by atoms with E-state index in [1.165, 1.54) is 10.4 Å². The Hall–Kier alpha value is -0.680. The van der Waals surface area contributed by atoms with Gasteiger partial charge >= 0.3 is 0 Å². The largest absolute Gasteiger partial charge is 0.332 e. The van der Waals surface area contributed by atoms with Gasteiger partial charge in [0.25, 0.3) is 5.89 Å². The van der Waals surface area contributed by atoms with Crippen LogP contribution in [0.5, 0.6) is 0 Å². The van der Waals surface area contributed by atoms with E-state index in [-0.39, 0.29) is 0 Å². The highest BCUT2D eigenvalue weighted by atomic mass is 79.9. The zero-order valence-electron chi connectivity index (χ0n) is 7.17. The number of rotatable bonds is 1. The van der Waals surface area contributed by atoms with Crippen molar-refractivity contribution >= 4 is 27.3 Å². The van der Waals surface area contributed by atoms with Crippen LogP contribution in [0.15, 0.2) is 15.3 Å². The van der Waals surface area contributed by atoms with Gasteiger partial charge in [0, 0.05) is 4.88 Å². The van der Waals surface area contributed by atoms with Crippen LogP contribution in [0.25, 0.3) is 10.8 Å². The fraction of sp³-hybridized carbons (Fsp3) is 0.250. The third-order valence-corrected chi connectivity index (χ3v) is 3.24. The average molecular weight is 259 g/mol. The van der Waals surface area contributed by atoms with Crippen LogP contribution in [0.3, 0.4) is 0 Å². The van der Waals surface area contributed by atoms with Gasteiger partial charge in [-0.15, -0.1) is 11.3 Å². The van der Waals surface area contributed by atoms with Gasteiger partial charge in [0.05, 0.1) is 4.88 Å². The fourth-order valence-electron chi connectivity index (χ4n) is 0.984. The van der Waals surface area contributed by atoms with Gasteiger partial charge in [-0.2, -0.15) is 4.98 Å². The molecule has 0 aromatic carbocycles. The van der Waals surface area contributed by atoms with E-state index < -0.39 is 0 Å². The topological polar surface area (TPSA) is 38.9 Å². The van der Waals surface area contributed by atoms with Gasteiger partial charge in [0.15, 0.2) is 0 Å². The van der Waals surface area contributed by atoms with E-state index in [2.05, 4.69) is 46.0 Å². The molecule has 0 atom stereocenters. The minimum atomic E-state index is 0.492. The summed E-state index contributed by atoms with van der Waals surface area (Å²) in [5, 5.41) is 3.67.